The molecule has 5 heteroatoms. The van der Waals surface area contributed by atoms with Gasteiger partial charge in [-0.3, -0.25) is 0 Å². The summed E-state index contributed by atoms with van der Waals surface area (Å²) in [6.07, 6.45) is 6.88. The van der Waals surface area contributed by atoms with Crippen LogP contribution >= 0.6 is 0 Å². The van der Waals surface area contributed by atoms with E-state index in [0.29, 0.717) is 17.5 Å². The molecule has 5 nitrogen and oxygen atoms in total. The van der Waals surface area contributed by atoms with Gasteiger partial charge in [-0.05, 0) is 48.6 Å². The Kier molecular flexibility index (Phi) is 1.51. The number of aromatic nitrogens is 3. The van der Waals surface area contributed by atoms with Gasteiger partial charge in [-0.25, -0.2) is 23.5 Å². The maximum atomic E-state index is 13.3. The highest BCUT2D eigenvalue weighted by molar-refractivity contribution is 5.51. The molecule has 2 bridgehead atoms. The second-order valence-corrected chi connectivity index (χ2v) is 8.99. The van der Waals surface area contributed by atoms with E-state index in [1.165, 1.54) is 4.57 Å². The summed E-state index contributed by atoms with van der Waals surface area (Å²) < 4.78 is 5.19. The number of para-hydroxylation sites is 1. The molecule has 1 aromatic carbocycles. The van der Waals surface area contributed by atoms with Crippen LogP contribution in [0.3, 0.4) is 0 Å². The van der Waals surface area contributed by atoms with Gasteiger partial charge < -0.3 is 0 Å². The molecule has 9 rings (SSSR count). The van der Waals surface area contributed by atoms with E-state index in [1.54, 1.807) is 0 Å². The summed E-state index contributed by atoms with van der Waals surface area (Å²) in [7, 11) is 0. The summed E-state index contributed by atoms with van der Waals surface area (Å²) in [5.41, 5.74) is 1.02. The molecule has 7 aliphatic rings. The summed E-state index contributed by atoms with van der Waals surface area (Å²) >= 11 is 0. The molecule has 2 aliphatic heterocycles. The lowest BCUT2D eigenvalue weighted by molar-refractivity contribution is -0.00147. The van der Waals surface area contributed by atoms with Crippen molar-refractivity contribution >= 4 is 0 Å². The van der Waals surface area contributed by atoms with Crippen molar-refractivity contribution < 1.29 is 0 Å². The highest BCUT2D eigenvalue weighted by Gasteiger charge is 3.02. The molecule has 124 valence electrons. The van der Waals surface area contributed by atoms with Crippen molar-refractivity contribution in [1.82, 2.24) is 13.9 Å². The fraction of sp³-hybridized carbons (Fsp3) is 0.500. The largest absolute Gasteiger partial charge is 0.352 e. The van der Waals surface area contributed by atoms with E-state index in [9.17, 15) is 9.59 Å². The van der Waals surface area contributed by atoms with Crippen molar-refractivity contribution in [2.75, 3.05) is 0 Å². The molecule has 4 fully saturated rings. The normalized spacial score (nSPS) is 50.6. The number of nitrogens with zero attached hydrogens (tertiary/aromatic N) is 3. The maximum absolute atomic E-state index is 13.3. The van der Waals surface area contributed by atoms with Crippen LogP contribution in [0.1, 0.15) is 24.9 Å². The Balaban J connectivity index is 1.48. The summed E-state index contributed by atoms with van der Waals surface area (Å²) in [5.74, 6) is 2.86. The summed E-state index contributed by atoms with van der Waals surface area (Å²) in [6, 6.07) is 9.91. The Labute approximate surface area is 143 Å². The molecule has 25 heavy (non-hydrogen) atoms. The van der Waals surface area contributed by atoms with E-state index in [0.717, 1.165) is 24.7 Å². The minimum Gasteiger partial charge on any atom is -0.245 e. The van der Waals surface area contributed by atoms with Crippen LogP contribution in [0.5, 0.6) is 0 Å². The molecule has 2 unspecified atom stereocenters. The Bertz CT molecular complexity index is 1090. The molecule has 5 aliphatic carbocycles. The minimum atomic E-state index is -0.125. The molecule has 0 radical (unpaired) electrons. The summed E-state index contributed by atoms with van der Waals surface area (Å²) in [5, 5.41) is 0. The maximum Gasteiger partial charge on any atom is 0.352 e. The van der Waals surface area contributed by atoms with E-state index in [1.807, 2.05) is 39.7 Å². The summed E-state index contributed by atoms with van der Waals surface area (Å²) in [6.45, 7) is 0. The smallest absolute Gasteiger partial charge is 0.245 e. The van der Waals surface area contributed by atoms with Gasteiger partial charge in [-0.1, -0.05) is 30.4 Å². The quantitative estimate of drug-likeness (QED) is 0.748. The molecule has 0 N–H and O–H groups in total. The standard InChI is InChI=1S/C20H17N3O2/c24-17-21(10-6-2-1-3-7-10)18(25)23-16-13-11-12(13)15(22(17)23)19-8-4-5-9-20(16,19)14(11)19/h1-7,11-16H,8-9H2/t11?,12-,13+,14?,15-,16-,19+,20+/m0/s1. The van der Waals surface area contributed by atoms with Crippen molar-refractivity contribution in [2.24, 2.45) is 34.5 Å². The van der Waals surface area contributed by atoms with Gasteiger partial charge >= 0.3 is 11.4 Å². The highest BCUT2D eigenvalue weighted by atomic mass is 16.2. The van der Waals surface area contributed by atoms with Gasteiger partial charge in [0.05, 0.1) is 17.8 Å². The minimum absolute atomic E-state index is 0.125. The topological polar surface area (TPSA) is 48.9 Å². The van der Waals surface area contributed by atoms with Crippen molar-refractivity contribution in [3.63, 3.8) is 0 Å². The second-order valence-electron chi connectivity index (χ2n) is 8.99. The van der Waals surface area contributed by atoms with Gasteiger partial charge in [-0.2, -0.15) is 0 Å². The average Bonchev–Trinajstić information content (AvgIpc) is 3.41. The van der Waals surface area contributed by atoms with Gasteiger partial charge in [0.1, 0.15) is 0 Å². The molecule has 4 saturated carbocycles. The first-order valence-corrected chi connectivity index (χ1v) is 9.42. The fourth-order valence-corrected chi connectivity index (χ4v) is 8.62. The van der Waals surface area contributed by atoms with E-state index < -0.39 is 0 Å². The number of hydrogen-bond donors (Lipinski definition) is 0. The van der Waals surface area contributed by atoms with Crippen molar-refractivity contribution in [1.29, 1.82) is 0 Å². The van der Waals surface area contributed by atoms with Crippen LogP contribution in [0.4, 0.5) is 0 Å². The SMILES string of the molecule is O=c1n(-c2ccccc2)c(=O)n2n1[C@H]1[C@@H]3C4C5[C@]16CC=CC[C@]56[C@@H]2[C@@H]43. The van der Waals surface area contributed by atoms with Crippen LogP contribution in [-0.4, -0.2) is 13.9 Å². The van der Waals surface area contributed by atoms with Crippen LogP contribution in [0.15, 0.2) is 52.1 Å². The third-order valence-corrected chi connectivity index (χ3v) is 8.88. The predicted octanol–water partition coefficient (Wildman–Crippen LogP) is 1.74. The van der Waals surface area contributed by atoms with Crippen LogP contribution in [0, 0.1) is 34.5 Å². The lowest BCUT2D eigenvalue weighted by atomic mass is 9.67. The Morgan fingerprint density at radius 1 is 0.800 bits per heavy atom. The van der Waals surface area contributed by atoms with Gasteiger partial charge in [0.15, 0.2) is 0 Å². The zero-order valence-electron chi connectivity index (χ0n) is 13.6. The van der Waals surface area contributed by atoms with Gasteiger partial charge in [0, 0.05) is 10.8 Å². The van der Waals surface area contributed by atoms with Gasteiger partial charge in [0.2, 0.25) is 0 Å². The summed E-state index contributed by atoms with van der Waals surface area (Å²) in [4.78, 5) is 26.6. The lowest BCUT2D eigenvalue weighted by Crippen LogP contribution is -2.53. The van der Waals surface area contributed by atoms with Crippen LogP contribution in [0.2, 0.25) is 0 Å². The van der Waals surface area contributed by atoms with Crippen LogP contribution in [-0.2, 0) is 0 Å². The van der Waals surface area contributed by atoms with Crippen LogP contribution in [0.25, 0.3) is 5.69 Å². The van der Waals surface area contributed by atoms with Crippen LogP contribution < -0.4 is 11.4 Å². The molecule has 3 heterocycles. The second kappa shape index (κ2) is 3.11. The first-order valence-electron chi connectivity index (χ1n) is 9.42. The third kappa shape index (κ3) is 0.847. The van der Waals surface area contributed by atoms with Crippen molar-refractivity contribution in [3.05, 3.63) is 63.5 Å². The molecule has 2 spiro atoms. The lowest BCUT2D eigenvalue weighted by Gasteiger charge is -2.49. The van der Waals surface area contributed by atoms with E-state index >= 15 is 0 Å². The first kappa shape index (κ1) is 12.1. The first-order chi connectivity index (χ1) is 12.2. The number of rotatable bonds is 1. The van der Waals surface area contributed by atoms with Gasteiger partial charge in [0.25, 0.3) is 0 Å². The predicted molar refractivity (Wildman–Crippen MR) is 89.6 cm³/mol. The Morgan fingerprint density at radius 2 is 1.36 bits per heavy atom. The Morgan fingerprint density at radius 3 is 1.92 bits per heavy atom. The third-order valence-electron chi connectivity index (χ3n) is 8.88. The van der Waals surface area contributed by atoms with Crippen molar-refractivity contribution in [3.8, 4) is 5.69 Å². The molecular formula is C20H17N3O2. The highest BCUT2D eigenvalue weighted by Crippen LogP contribution is 3.04. The zero-order valence-corrected chi connectivity index (χ0v) is 13.6. The monoisotopic (exact) mass is 331 g/mol. The number of benzene rings is 1. The van der Waals surface area contributed by atoms with Crippen molar-refractivity contribution in [2.45, 2.75) is 24.9 Å². The Hall–Kier alpha value is -2.30. The molecule has 1 aromatic heterocycles. The van der Waals surface area contributed by atoms with Gasteiger partial charge in [-0.15, -0.1) is 0 Å². The van der Waals surface area contributed by atoms with E-state index in [2.05, 4.69) is 12.2 Å². The zero-order chi connectivity index (χ0) is 16.3. The molecule has 0 amide bonds. The average molecular weight is 331 g/mol. The molecule has 2 aromatic rings. The fourth-order valence-electron chi connectivity index (χ4n) is 8.62. The molecule has 0 saturated heterocycles. The number of allylic oxidation sites excluding steroid dienone is 2. The molecule has 8 atom stereocenters. The molecular weight excluding hydrogens is 314 g/mol. The van der Waals surface area contributed by atoms with E-state index in [4.69, 9.17) is 0 Å². The number of hydrogen-bond acceptors (Lipinski definition) is 2. The van der Waals surface area contributed by atoms with E-state index in [-0.39, 0.29) is 34.3 Å².